The van der Waals surface area contributed by atoms with E-state index in [2.05, 4.69) is 15.2 Å². The molecule has 9 heavy (non-hydrogen) atoms. The Kier molecular flexibility index (Phi) is 0.631. The first kappa shape index (κ1) is 4.43. The van der Waals surface area contributed by atoms with Gasteiger partial charge in [0, 0.05) is 6.20 Å². The summed E-state index contributed by atoms with van der Waals surface area (Å²) in [5.74, 6) is 0.166. The zero-order valence-corrected chi connectivity index (χ0v) is 4.55. The van der Waals surface area contributed by atoms with Crippen LogP contribution in [0.15, 0.2) is 12.4 Å². The number of aromatic hydroxyl groups is 1. The lowest BCUT2D eigenvalue weighted by molar-refractivity contribution is 0.462. The molecule has 2 heterocycles. The van der Waals surface area contributed by atoms with Gasteiger partial charge in [0.25, 0.3) is 0 Å². The van der Waals surface area contributed by atoms with Gasteiger partial charge in [-0.2, -0.15) is 5.10 Å². The van der Waals surface area contributed by atoms with Gasteiger partial charge >= 0.3 is 0 Å². The van der Waals surface area contributed by atoms with E-state index < -0.39 is 0 Å². The Morgan fingerprint density at radius 3 is 3.22 bits per heavy atom. The molecule has 2 aromatic heterocycles. The van der Waals surface area contributed by atoms with Gasteiger partial charge in [0.15, 0.2) is 5.88 Å². The number of hydrogen-bond acceptors (Lipinski definition) is 2. The lowest BCUT2D eigenvalue weighted by atomic mass is 10.4. The van der Waals surface area contributed by atoms with Crippen LogP contribution >= 0.6 is 0 Å². The molecule has 0 atom stereocenters. The maximum absolute atomic E-state index is 8.98. The molecule has 0 saturated heterocycles. The quantitative estimate of drug-likeness (QED) is 0.480. The normalized spacial score (nSPS) is 10.7. The molecule has 4 nitrogen and oxygen atoms in total. The zero-order valence-electron chi connectivity index (χ0n) is 4.55. The van der Waals surface area contributed by atoms with Crippen molar-refractivity contribution in [1.82, 2.24) is 15.2 Å². The highest BCUT2D eigenvalue weighted by Gasteiger charge is 2.00. The van der Waals surface area contributed by atoms with Crippen LogP contribution in [0.2, 0.25) is 0 Å². The Balaban J connectivity index is 2.99. The fraction of sp³-hybridized carbons (Fsp3) is 0. The van der Waals surface area contributed by atoms with Crippen molar-refractivity contribution >= 4 is 10.9 Å². The van der Waals surface area contributed by atoms with Gasteiger partial charge in [0.1, 0.15) is 0 Å². The Hall–Kier alpha value is -1.45. The standard InChI is InChI=1S/C5H5N3O/c9-5-3-1-7-8-4(3)2-6-5/h1-2,6,8-9H. The molecule has 0 aliphatic rings. The smallest absolute Gasteiger partial charge is 0.199 e. The minimum absolute atomic E-state index is 0.166. The SMILES string of the molecule is Oc1[nH]cc2[nH]ncc12. The molecule has 0 bridgehead atoms. The molecule has 4 heteroatoms. The molecule has 0 aromatic carbocycles. The molecule has 3 N–H and O–H groups in total. The fourth-order valence-electron chi connectivity index (χ4n) is 0.813. The van der Waals surface area contributed by atoms with Crippen molar-refractivity contribution in [2.45, 2.75) is 0 Å². The molecule has 0 amide bonds. The van der Waals surface area contributed by atoms with Crippen LogP contribution in [0.5, 0.6) is 5.88 Å². The van der Waals surface area contributed by atoms with Crippen LogP contribution in [0.3, 0.4) is 0 Å². The van der Waals surface area contributed by atoms with Crippen molar-refractivity contribution in [3.05, 3.63) is 12.4 Å². The molecule has 2 aromatic rings. The fourth-order valence-corrected chi connectivity index (χ4v) is 0.813. The van der Waals surface area contributed by atoms with Gasteiger partial charge in [-0.05, 0) is 0 Å². The molecular formula is C5H5N3O. The molecule has 0 radical (unpaired) electrons. The van der Waals surface area contributed by atoms with Crippen LogP contribution in [-0.4, -0.2) is 20.3 Å². The van der Waals surface area contributed by atoms with Crippen LogP contribution in [0.1, 0.15) is 0 Å². The van der Waals surface area contributed by atoms with Gasteiger partial charge in [-0.1, -0.05) is 0 Å². The Labute approximate surface area is 50.5 Å². The van der Waals surface area contributed by atoms with Crippen LogP contribution < -0.4 is 0 Å². The largest absolute Gasteiger partial charge is 0.494 e. The molecule has 0 spiro atoms. The summed E-state index contributed by atoms with van der Waals surface area (Å²) in [6.07, 6.45) is 3.23. The third kappa shape index (κ3) is 0.440. The molecule has 0 aliphatic heterocycles. The van der Waals surface area contributed by atoms with E-state index in [1.165, 1.54) is 0 Å². The van der Waals surface area contributed by atoms with E-state index in [4.69, 9.17) is 5.11 Å². The van der Waals surface area contributed by atoms with Gasteiger partial charge in [-0.3, -0.25) is 5.10 Å². The number of aromatic nitrogens is 3. The summed E-state index contributed by atoms with van der Waals surface area (Å²) >= 11 is 0. The van der Waals surface area contributed by atoms with Crippen molar-refractivity contribution in [3.8, 4) is 5.88 Å². The van der Waals surface area contributed by atoms with Crippen molar-refractivity contribution in [2.24, 2.45) is 0 Å². The molecular weight excluding hydrogens is 118 g/mol. The maximum Gasteiger partial charge on any atom is 0.199 e. The van der Waals surface area contributed by atoms with Crippen LogP contribution in [0.4, 0.5) is 0 Å². The van der Waals surface area contributed by atoms with Crippen molar-refractivity contribution < 1.29 is 5.11 Å². The minimum Gasteiger partial charge on any atom is -0.494 e. The van der Waals surface area contributed by atoms with Crippen LogP contribution in [0.25, 0.3) is 10.9 Å². The second kappa shape index (κ2) is 1.28. The van der Waals surface area contributed by atoms with Gasteiger partial charge in [-0.25, -0.2) is 0 Å². The van der Waals surface area contributed by atoms with E-state index in [1.54, 1.807) is 12.4 Å². The number of fused-ring (bicyclic) bond motifs is 1. The third-order valence-electron chi connectivity index (χ3n) is 1.28. The molecule has 0 saturated carbocycles. The number of nitrogens with zero attached hydrogens (tertiary/aromatic N) is 1. The predicted octanol–water partition coefficient (Wildman–Crippen LogP) is 0.597. The molecule has 46 valence electrons. The molecule has 0 unspecified atom stereocenters. The summed E-state index contributed by atoms with van der Waals surface area (Å²) in [5.41, 5.74) is 0.826. The summed E-state index contributed by atoms with van der Waals surface area (Å²) in [6.45, 7) is 0. The minimum atomic E-state index is 0.166. The predicted molar refractivity (Wildman–Crippen MR) is 32.1 cm³/mol. The highest BCUT2D eigenvalue weighted by Crippen LogP contribution is 2.19. The maximum atomic E-state index is 8.98. The Morgan fingerprint density at radius 1 is 1.56 bits per heavy atom. The van der Waals surface area contributed by atoms with E-state index in [9.17, 15) is 0 Å². The second-order valence-electron chi connectivity index (χ2n) is 1.83. The van der Waals surface area contributed by atoms with E-state index in [0.717, 1.165) is 10.9 Å². The monoisotopic (exact) mass is 123 g/mol. The summed E-state index contributed by atoms with van der Waals surface area (Å²) in [4.78, 5) is 2.64. The highest BCUT2D eigenvalue weighted by molar-refractivity contribution is 5.83. The average molecular weight is 123 g/mol. The Morgan fingerprint density at radius 2 is 2.44 bits per heavy atom. The number of H-pyrrole nitrogens is 2. The summed E-state index contributed by atoms with van der Waals surface area (Å²) in [5, 5.41) is 16.1. The first-order valence-electron chi connectivity index (χ1n) is 2.57. The molecule has 0 fully saturated rings. The summed E-state index contributed by atoms with van der Waals surface area (Å²) < 4.78 is 0. The summed E-state index contributed by atoms with van der Waals surface area (Å²) in [6, 6.07) is 0. The van der Waals surface area contributed by atoms with Crippen LogP contribution in [-0.2, 0) is 0 Å². The number of hydrogen-bond donors (Lipinski definition) is 3. The van der Waals surface area contributed by atoms with E-state index in [1.807, 2.05) is 0 Å². The number of aromatic amines is 2. The van der Waals surface area contributed by atoms with Crippen molar-refractivity contribution in [2.75, 3.05) is 0 Å². The van der Waals surface area contributed by atoms with Gasteiger partial charge in [0.05, 0.1) is 17.1 Å². The van der Waals surface area contributed by atoms with E-state index in [-0.39, 0.29) is 5.88 Å². The van der Waals surface area contributed by atoms with Crippen molar-refractivity contribution in [1.29, 1.82) is 0 Å². The average Bonchev–Trinajstić information content (AvgIpc) is 2.35. The van der Waals surface area contributed by atoms with Gasteiger partial charge < -0.3 is 10.1 Å². The Bertz CT molecular complexity index is 321. The lowest BCUT2D eigenvalue weighted by Crippen LogP contribution is -1.61. The topological polar surface area (TPSA) is 64.7 Å². The first-order chi connectivity index (χ1) is 4.38. The second-order valence-corrected chi connectivity index (χ2v) is 1.83. The van der Waals surface area contributed by atoms with Crippen LogP contribution in [0, 0.1) is 0 Å². The lowest BCUT2D eigenvalue weighted by Gasteiger charge is -1.76. The molecule has 0 aliphatic carbocycles. The third-order valence-corrected chi connectivity index (χ3v) is 1.28. The number of rotatable bonds is 0. The first-order valence-corrected chi connectivity index (χ1v) is 2.57. The van der Waals surface area contributed by atoms with E-state index >= 15 is 0 Å². The summed E-state index contributed by atoms with van der Waals surface area (Å²) in [7, 11) is 0. The number of nitrogens with one attached hydrogen (secondary N) is 2. The highest BCUT2D eigenvalue weighted by atomic mass is 16.3. The zero-order chi connectivity index (χ0) is 6.27. The van der Waals surface area contributed by atoms with Gasteiger partial charge in [-0.15, -0.1) is 0 Å². The van der Waals surface area contributed by atoms with Crippen molar-refractivity contribution in [3.63, 3.8) is 0 Å². The van der Waals surface area contributed by atoms with Gasteiger partial charge in [0.2, 0.25) is 0 Å². The van der Waals surface area contributed by atoms with E-state index in [0.29, 0.717) is 0 Å². The molecule has 2 rings (SSSR count).